The summed E-state index contributed by atoms with van der Waals surface area (Å²) in [7, 11) is 0. The van der Waals surface area contributed by atoms with Gasteiger partial charge in [-0.2, -0.15) is 0 Å². The molecule has 0 aliphatic carbocycles. The molecule has 158 valence electrons. The van der Waals surface area contributed by atoms with Gasteiger partial charge in [-0.1, -0.05) is 30.3 Å². The quantitative estimate of drug-likeness (QED) is 0.493. The summed E-state index contributed by atoms with van der Waals surface area (Å²) in [6.07, 6.45) is 3.16. The minimum Gasteiger partial charge on any atom is -0.487 e. The lowest BCUT2D eigenvalue weighted by molar-refractivity contribution is -0.133. The highest BCUT2D eigenvalue weighted by Crippen LogP contribution is 2.52. The fourth-order valence-electron chi connectivity index (χ4n) is 3.68. The Hall–Kier alpha value is -3.42. The van der Waals surface area contributed by atoms with E-state index in [0.29, 0.717) is 12.2 Å². The molecule has 2 aromatic rings. The molecule has 4 rings (SSSR count). The van der Waals surface area contributed by atoms with Crippen LogP contribution in [0.3, 0.4) is 0 Å². The van der Waals surface area contributed by atoms with Crippen LogP contribution in [0.1, 0.15) is 18.9 Å². The highest BCUT2D eigenvalue weighted by Gasteiger charge is 2.36. The van der Waals surface area contributed by atoms with Crippen molar-refractivity contribution in [2.45, 2.75) is 25.8 Å². The van der Waals surface area contributed by atoms with Crippen LogP contribution in [-0.4, -0.2) is 36.9 Å². The normalized spacial score (nSPS) is 17.2. The average Bonchev–Trinajstić information content (AvgIpc) is 2.95. The van der Waals surface area contributed by atoms with Crippen molar-refractivity contribution >= 4 is 23.0 Å². The molecule has 0 fully saturated rings. The lowest BCUT2D eigenvalue weighted by atomic mass is 10.1. The molecule has 0 spiro atoms. The minimum absolute atomic E-state index is 0.0584. The van der Waals surface area contributed by atoms with Crippen molar-refractivity contribution in [2.24, 2.45) is 0 Å². The van der Waals surface area contributed by atoms with Gasteiger partial charge in [0.15, 0.2) is 17.3 Å². The van der Waals surface area contributed by atoms with Crippen LogP contribution in [0.4, 0.5) is 21.5 Å². The first-order valence-corrected chi connectivity index (χ1v) is 9.88. The summed E-state index contributed by atoms with van der Waals surface area (Å²) < 4.78 is 26.6. The molecule has 2 aliphatic heterocycles. The number of aryl methyl sites for hydroxylation is 1. The first-order valence-electron chi connectivity index (χ1n) is 9.88. The maximum atomic E-state index is 15.1. The van der Waals surface area contributed by atoms with E-state index in [1.807, 2.05) is 25.1 Å². The fourth-order valence-corrected chi connectivity index (χ4v) is 3.68. The predicted molar refractivity (Wildman–Crippen MR) is 113 cm³/mol. The molecule has 2 aromatic carbocycles. The number of nitrogen functional groups attached to an aromatic ring is 1. The smallest absolute Gasteiger partial charge is 0.336 e. The molecule has 0 saturated carbocycles. The van der Waals surface area contributed by atoms with Crippen LogP contribution in [0.2, 0.25) is 0 Å². The molecule has 1 atom stereocenters. The van der Waals surface area contributed by atoms with Gasteiger partial charge in [0.05, 0.1) is 11.6 Å². The molecule has 1 unspecified atom stereocenters. The number of carboxylic acid groups (broad SMARTS) is 1. The molecule has 0 aromatic heterocycles. The van der Waals surface area contributed by atoms with Gasteiger partial charge in [-0.05, 0) is 25.3 Å². The van der Waals surface area contributed by atoms with Gasteiger partial charge in [0.25, 0.3) is 0 Å². The van der Waals surface area contributed by atoms with Gasteiger partial charge < -0.3 is 30.5 Å². The second kappa shape index (κ2) is 8.14. The molecule has 0 saturated heterocycles. The molecular formula is C22H24FN3O4. The van der Waals surface area contributed by atoms with Gasteiger partial charge in [-0.15, -0.1) is 0 Å². The van der Waals surface area contributed by atoms with E-state index >= 15 is 4.39 Å². The summed E-state index contributed by atoms with van der Waals surface area (Å²) in [5.41, 5.74) is 7.78. The van der Waals surface area contributed by atoms with Crippen molar-refractivity contribution in [3.8, 4) is 11.5 Å². The molecule has 2 heterocycles. The monoisotopic (exact) mass is 413 g/mol. The van der Waals surface area contributed by atoms with E-state index in [1.54, 1.807) is 4.90 Å². The van der Waals surface area contributed by atoms with E-state index in [1.165, 1.54) is 11.8 Å². The number of nitrogens with two attached hydrogens (primary N) is 1. The molecule has 30 heavy (non-hydrogen) atoms. The fraction of sp³-hybridized carbons (Fsp3) is 0.318. The summed E-state index contributed by atoms with van der Waals surface area (Å²) in [4.78, 5) is 13.3. The second-order valence-corrected chi connectivity index (χ2v) is 7.44. The van der Waals surface area contributed by atoms with Crippen LogP contribution >= 0.6 is 0 Å². The van der Waals surface area contributed by atoms with E-state index in [2.05, 4.69) is 17.4 Å². The molecule has 4 N–H and O–H groups in total. The van der Waals surface area contributed by atoms with E-state index < -0.39 is 11.8 Å². The predicted octanol–water partition coefficient (Wildman–Crippen LogP) is 3.40. The molecule has 0 bridgehead atoms. The molecule has 0 radical (unpaired) electrons. The number of anilines is 3. The van der Waals surface area contributed by atoms with Crippen molar-refractivity contribution in [1.29, 1.82) is 0 Å². The SMILES string of the molecule is CC1COc2c(NCCCc3ccccc3)c(F)c(N)c3c2N1C=C(C(=O)O)CO3. The summed E-state index contributed by atoms with van der Waals surface area (Å²) in [5.74, 6) is -1.35. The van der Waals surface area contributed by atoms with Crippen LogP contribution in [-0.2, 0) is 11.2 Å². The van der Waals surface area contributed by atoms with Crippen LogP contribution in [0, 0.1) is 5.82 Å². The van der Waals surface area contributed by atoms with Crippen LogP contribution in [0.25, 0.3) is 0 Å². The van der Waals surface area contributed by atoms with Crippen molar-refractivity contribution in [3.63, 3.8) is 0 Å². The Kier molecular flexibility index (Phi) is 5.39. The van der Waals surface area contributed by atoms with Crippen LogP contribution in [0.5, 0.6) is 11.5 Å². The lowest BCUT2D eigenvalue weighted by Gasteiger charge is -2.36. The molecule has 7 nitrogen and oxygen atoms in total. The van der Waals surface area contributed by atoms with Gasteiger partial charge >= 0.3 is 5.97 Å². The standard InChI is InChI=1S/C22H24FN3O4/c1-13-11-29-21-18(25-9-5-8-14-6-3-2-4-7-14)16(23)17(24)20-19(21)26(13)10-15(12-30-20)22(27)28/h2-4,6-7,10,13,25H,5,8-9,11-12,24H2,1H3,(H,27,28). The lowest BCUT2D eigenvalue weighted by Crippen LogP contribution is -2.38. The van der Waals surface area contributed by atoms with E-state index in [9.17, 15) is 9.90 Å². The minimum atomic E-state index is -1.10. The number of carboxylic acids is 1. The molecule has 0 amide bonds. The van der Waals surface area contributed by atoms with Gasteiger partial charge in [0.1, 0.15) is 30.3 Å². The van der Waals surface area contributed by atoms with E-state index in [-0.39, 0.29) is 47.7 Å². The van der Waals surface area contributed by atoms with Gasteiger partial charge in [0, 0.05) is 12.7 Å². The number of hydrogen-bond donors (Lipinski definition) is 3. The Morgan fingerprint density at radius 1 is 1.30 bits per heavy atom. The Bertz CT molecular complexity index is 994. The van der Waals surface area contributed by atoms with Crippen molar-refractivity contribution in [3.05, 3.63) is 53.5 Å². The van der Waals surface area contributed by atoms with Crippen molar-refractivity contribution < 1.29 is 23.8 Å². The Morgan fingerprint density at radius 3 is 2.80 bits per heavy atom. The van der Waals surface area contributed by atoms with Gasteiger partial charge in [0.2, 0.25) is 0 Å². The summed E-state index contributed by atoms with van der Waals surface area (Å²) in [6, 6.07) is 9.89. The van der Waals surface area contributed by atoms with Crippen molar-refractivity contribution in [2.75, 3.05) is 35.7 Å². The average molecular weight is 413 g/mol. The van der Waals surface area contributed by atoms with Crippen LogP contribution in [0.15, 0.2) is 42.1 Å². The Balaban J connectivity index is 1.64. The summed E-state index contributed by atoms with van der Waals surface area (Å²) in [6.45, 7) is 2.48. The van der Waals surface area contributed by atoms with E-state index in [4.69, 9.17) is 15.2 Å². The van der Waals surface area contributed by atoms with Gasteiger partial charge in [-0.25, -0.2) is 9.18 Å². The number of halogens is 1. The zero-order valence-corrected chi connectivity index (χ0v) is 16.7. The number of ether oxygens (including phenoxy) is 2. The number of aliphatic carboxylic acids is 1. The number of carbonyl (C=O) groups is 1. The highest BCUT2D eigenvalue weighted by molar-refractivity contribution is 5.92. The molecule has 2 aliphatic rings. The largest absolute Gasteiger partial charge is 0.487 e. The number of nitrogens with one attached hydrogen (secondary N) is 1. The topological polar surface area (TPSA) is 97.1 Å². The summed E-state index contributed by atoms with van der Waals surface area (Å²) in [5, 5.41) is 12.5. The third-order valence-corrected chi connectivity index (χ3v) is 5.29. The number of nitrogens with zero attached hydrogens (tertiary/aromatic N) is 1. The number of rotatable bonds is 6. The zero-order chi connectivity index (χ0) is 21.3. The maximum Gasteiger partial charge on any atom is 0.336 e. The Morgan fingerprint density at radius 2 is 2.07 bits per heavy atom. The number of benzene rings is 2. The maximum absolute atomic E-state index is 15.1. The summed E-state index contributed by atoms with van der Waals surface area (Å²) >= 11 is 0. The highest BCUT2D eigenvalue weighted by atomic mass is 19.1. The van der Waals surface area contributed by atoms with Gasteiger partial charge in [-0.3, -0.25) is 0 Å². The zero-order valence-electron chi connectivity index (χ0n) is 16.7. The third-order valence-electron chi connectivity index (χ3n) is 5.29. The van der Waals surface area contributed by atoms with Crippen molar-refractivity contribution in [1.82, 2.24) is 0 Å². The first-order chi connectivity index (χ1) is 14.5. The number of hydrogen-bond acceptors (Lipinski definition) is 6. The van der Waals surface area contributed by atoms with E-state index in [0.717, 1.165) is 12.8 Å². The molecular weight excluding hydrogens is 389 g/mol. The first kappa shape index (κ1) is 19.9. The second-order valence-electron chi connectivity index (χ2n) is 7.44. The molecule has 8 heteroatoms. The Labute approximate surface area is 173 Å². The van der Waals surface area contributed by atoms with Crippen LogP contribution < -0.4 is 25.4 Å². The third kappa shape index (κ3) is 3.60.